The highest BCUT2D eigenvalue weighted by molar-refractivity contribution is 5.82. The molecule has 1 saturated heterocycles. The summed E-state index contributed by atoms with van der Waals surface area (Å²) >= 11 is 0. The number of aliphatic hydroxyl groups excluding tert-OH is 1. The first-order valence-electron chi connectivity index (χ1n) is 3.19. The molecule has 1 rings (SSSR count). The molecule has 0 amide bonds. The molecular formula is C6H11NO2. The molecule has 0 bridgehead atoms. The summed E-state index contributed by atoms with van der Waals surface area (Å²) in [6, 6.07) is 0. The Labute approximate surface area is 54.1 Å². The molecule has 0 radical (unpaired) electrons. The van der Waals surface area contributed by atoms with Gasteiger partial charge in [-0.2, -0.15) is 0 Å². The summed E-state index contributed by atoms with van der Waals surface area (Å²) in [6.45, 7) is 1.36. The molecule has 52 valence electrons. The van der Waals surface area contributed by atoms with E-state index in [1.165, 1.54) is 0 Å². The maximum Gasteiger partial charge on any atom is 0.162 e. The number of rotatable bonds is 2. The van der Waals surface area contributed by atoms with Crippen LogP contribution in [0.25, 0.3) is 0 Å². The first-order chi connectivity index (χ1) is 4.34. The normalized spacial score (nSPS) is 26.6. The minimum atomic E-state index is -0.299. The van der Waals surface area contributed by atoms with Gasteiger partial charge in [0.25, 0.3) is 0 Å². The van der Waals surface area contributed by atoms with Gasteiger partial charge >= 0.3 is 0 Å². The molecule has 3 nitrogen and oxygen atoms in total. The fourth-order valence-electron chi connectivity index (χ4n) is 1.06. The number of hydrogen-bond acceptors (Lipinski definition) is 3. The van der Waals surface area contributed by atoms with Gasteiger partial charge in [-0.05, 0) is 13.0 Å². The van der Waals surface area contributed by atoms with Crippen molar-refractivity contribution in [2.45, 2.75) is 6.42 Å². The smallest absolute Gasteiger partial charge is 0.162 e. The van der Waals surface area contributed by atoms with Gasteiger partial charge in [0.15, 0.2) is 5.78 Å². The lowest BCUT2D eigenvalue weighted by Crippen LogP contribution is -2.20. The van der Waals surface area contributed by atoms with Crippen LogP contribution < -0.4 is 5.32 Å². The van der Waals surface area contributed by atoms with Gasteiger partial charge in [-0.1, -0.05) is 0 Å². The molecule has 1 atom stereocenters. The Morgan fingerprint density at radius 3 is 3.00 bits per heavy atom. The van der Waals surface area contributed by atoms with Crippen molar-refractivity contribution < 1.29 is 9.90 Å². The van der Waals surface area contributed by atoms with Crippen molar-refractivity contribution in [2.75, 3.05) is 19.7 Å². The predicted octanol–water partition coefficient (Wildman–Crippen LogP) is -0.843. The number of carbonyl (C=O) groups excluding carboxylic acids is 1. The van der Waals surface area contributed by atoms with E-state index in [-0.39, 0.29) is 18.3 Å². The number of Topliss-reactive ketones (excluding diaryl/α,β-unsaturated/α-hetero) is 1. The van der Waals surface area contributed by atoms with Gasteiger partial charge in [0.2, 0.25) is 0 Å². The van der Waals surface area contributed by atoms with E-state index in [9.17, 15) is 4.79 Å². The van der Waals surface area contributed by atoms with E-state index < -0.39 is 0 Å². The van der Waals surface area contributed by atoms with Crippen molar-refractivity contribution >= 4 is 5.78 Å². The predicted molar refractivity (Wildman–Crippen MR) is 33.1 cm³/mol. The summed E-state index contributed by atoms with van der Waals surface area (Å²) < 4.78 is 0. The molecule has 0 aromatic heterocycles. The second kappa shape index (κ2) is 2.94. The molecular weight excluding hydrogens is 118 g/mol. The molecule has 0 aromatic rings. The summed E-state index contributed by atoms with van der Waals surface area (Å²) in [5.41, 5.74) is 0. The van der Waals surface area contributed by atoms with Crippen molar-refractivity contribution in [3.05, 3.63) is 0 Å². The zero-order valence-electron chi connectivity index (χ0n) is 5.26. The third-order valence-electron chi connectivity index (χ3n) is 1.67. The van der Waals surface area contributed by atoms with Gasteiger partial charge in [-0.3, -0.25) is 4.79 Å². The Bertz CT molecular complexity index is 108. The van der Waals surface area contributed by atoms with Crippen molar-refractivity contribution in [3.63, 3.8) is 0 Å². The van der Waals surface area contributed by atoms with Crippen molar-refractivity contribution in [3.8, 4) is 0 Å². The second-order valence-corrected chi connectivity index (χ2v) is 2.31. The molecule has 3 heteroatoms. The lowest BCUT2D eigenvalue weighted by atomic mass is 10.0. The first-order valence-corrected chi connectivity index (χ1v) is 3.19. The lowest BCUT2D eigenvalue weighted by Gasteiger charge is -2.01. The molecule has 1 aliphatic rings. The van der Waals surface area contributed by atoms with Crippen LogP contribution >= 0.6 is 0 Å². The van der Waals surface area contributed by atoms with Gasteiger partial charge in [-0.25, -0.2) is 0 Å². The van der Waals surface area contributed by atoms with Gasteiger partial charge in [0, 0.05) is 12.5 Å². The van der Waals surface area contributed by atoms with E-state index in [2.05, 4.69) is 5.32 Å². The molecule has 0 aliphatic carbocycles. The number of carbonyl (C=O) groups is 1. The van der Waals surface area contributed by atoms with Crippen molar-refractivity contribution in [2.24, 2.45) is 5.92 Å². The van der Waals surface area contributed by atoms with Crippen LogP contribution in [0.1, 0.15) is 6.42 Å². The number of hydrogen-bond donors (Lipinski definition) is 2. The fraction of sp³-hybridized carbons (Fsp3) is 0.833. The Kier molecular flexibility index (Phi) is 2.19. The SMILES string of the molecule is O=C(CO)C1CCNC1. The quantitative estimate of drug-likeness (QED) is 0.511. The number of ketones is 1. The molecule has 1 fully saturated rings. The van der Waals surface area contributed by atoms with E-state index in [0.717, 1.165) is 19.5 Å². The van der Waals surface area contributed by atoms with Crippen LogP contribution in [0.5, 0.6) is 0 Å². The monoisotopic (exact) mass is 129 g/mol. The highest BCUT2D eigenvalue weighted by atomic mass is 16.3. The molecule has 1 heterocycles. The topological polar surface area (TPSA) is 49.3 Å². The van der Waals surface area contributed by atoms with Crippen molar-refractivity contribution in [1.29, 1.82) is 0 Å². The third-order valence-corrected chi connectivity index (χ3v) is 1.67. The zero-order chi connectivity index (χ0) is 6.69. The summed E-state index contributed by atoms with van der Waals surface area (Å²) in [4.78, 5) is 10.7. The molecule has 1 aliphatic heterocycles. The maximum absolute atomic E-state index is 10.7. The number of nitrogens with one attached hydrogen (secondary N) is 1. The third kappa shape index (κ3) is 1.50. The highest BCUT2D eigenvalue weighted by Gasteiger charge is 2.20. The largest absolute Gasteiger partial charge is 0.389 e. The summed E-state index contributed by atoms with van der Waals surface area (Å²) in [5.74, 6) is 0.0509. The van der Waals surface area contributed by atoms with Crippen LogP contribution in [0.15, 0.2) is 0 Å². The summed E-state index contributed by atoms with van der Waals surface area (Å²) in [5, 5.41) is 11.5. The van der Waals surface area contributed by atoms with Gasteiger partial charge in [0.05, 0.1) is 0 Å². The molecule has 1 unspecified atom stereocenters. The Morgan fingerprint density at radius 1 is 1.78 bits per heavy atom. The Balaban J connectivity index is 2.32. The minimum Gasteiger partial charge on any atom is -0.389 e. The molecule has 2 N–H and O–H groups in total. The molecule has 0 aromatic carbocycles. The van der Waals surface area contributed by atoms with Crippen LogP contribution in [0.2, 0.25) is 0 Å². The average molecular weight is 129 g/mol. The van der Waals surface area contributed by atoms with Crippen LogP contribution in [-0.4, -0.2) is 30.6 Å². The standard InChI is InChI=1S/C6H11NO2/c8-4-6(9)5-1-2-7-3-5/h5,7-8H,1-4H2. The maximum atomic E-state index is 10.7. The Morgan fingerprint density at radius 2 is 2.56 bits per heavy atom. The van der Waals surface area contributed by atoms with E-state index >= 15 is 0 Å². The zero-order valence-corrected chi connectivity index (χ0v) is 5.26. The average Bonchev–Trinajstić information content (AvgIpc) is 2.37. The second-order valence-electron chi connectivity index (χ2n) is 2.31. The fourth-order valence-corrected chi connectivity index (χ4v) is 1.06. The summed E-state index contributed by atoms with van der Waals surface area (Å²) in [6.07, 6.45) is 0.888. The van der Waals surface area contributed by atoms with Crippen LogP contribution in [0.4, 0.5) is 0 Å². The van der Waals surface area contributed by atoms with E-state index in [0.29, 0.717) is 0 Å². The van der Waals surface area contributed by atoms with Crippen LogP contribution in [0, 0.1) is 5.92 Å². The van der Waals surface area contributed by atoms with Gasteiger partial charge < -0.3 is 10.4 Å². The van der Waals surface area contributed by atoms with Crippen LogP contribution in [-0.2, 0) is 4.79 Å². The highest BCUT2D eigenvalue weighted by Crippen LogP contribution is 2.07. The van der Waals surface area contributed by atoms with E-state index in [1.807, 2.05) is 0 Å². The first kappa shape index (κ1) is 6.71. The number of aliphatic hydroxyl groups is 1. The van der Waals surface area contributed by atoms with Crippen LogP contribution in [0.3, 0.4) is 0 Å². The van der Waals surface area contributed by atoms with Gasteiger partial charge in [-0.15, -0.1) is 0 Å². The van der Waals surface area contributed by atoms with Crippen molar-refractivity contribution in [1.82, 2.24) is 5.32 Å². The molecule has 0 spiro atoms. The Hall–Kier alpha value is -0.410. The van der Waals surface area contributed by atoms with E-state index in [4.69, 9.17) is 5.11 Å². The van der Waals surface area contributed by atoms with Gasteiger partial charge in [0.1, 0.15) is 6.61 Å². The lowest BCUT2D eigenvalue weighted by molar-refractivity contribution is -0.125. The molecule has 0 saturated carbocycles. The van der Waals surface area contributed by atoms with E-state index in [1.54, 1.807) is 0 Å². The minimum absolute atomic E-state index is 0.0278. The summed E-state index contributed by atoms with van der Waals surface area (Å²) in [7, 11) is 0. The molecule has 9 heavy (non-hydrogen) atoms.